The van der Waals surface area contributed by atoms with Gasteiger partial charge in [-0.15, -0.1) is 0 Å². The number of nitriles is 1. The largest absolute Gasteiger partial charge is 0.468 e. The second-order valence-corrected chi connectivity index (χ2v) is 3.15. The van der Waals surface area contributed by atoms with Gasteiger partial charge in [-0.3, -0.25) is 10.1 Å². The van der Waals surface area contributed by atoms with Crippen LogP contribution in [0.15, 0.2) is 18.2 Å². The third-order valence-electron chi connectivity index (χ3n) is 2.10. The van der Waals surface area contributed by atoms with Crippen molar-refractivity contribution < 1.29 is 18.3 Å². The zero-order valence-corrected chi connectivity index (χ0v) is 9.04. The highest BCUT2D eigenvalue weighted by molar-refractivity contribution is 5.71. The Morgan fingerprint density at radius 3 is 2.59 bits per heavy atom. The number of ether oxygens (including phenoxy) is 1. The van der Waals surface area contributed by atoms with E-state index in [1.165, 1.54) is 13.2 Å². The predicted octanol–water partition coefficient (Wildman–Crippen LogP) is 1.29. The van der Waals surface area contributed by atoms with Crippen molar-refractivity contribution in [3.05, 3.63) is 35.4 Å². The molecule has 4 nitrogen and oxygen atoms in total. The highest BCUT2D eigenvalue weighted by atomic mass is 19.1. The van der Waals surface area contributed by atoms with E-state index < -0.39 is 29.2 Å². The van der Waals surface area contributed by atoms with Gasteiger partial charge in [0.15, 0.2) is 0 Å². The Kier molecular flexibility index (Phi) is 4.55. The van der Waals surface area contributed by atoms with Gasteiger partial charge in [0.05, 0.1) is 25.3 Å². The highest BCUT2D eigenvalue weighted by Gasteiger charge is 2.20. The van der Waals surface area contributed by atoms with E-state index in [1.54, 1.807) is 6.07 Å². The monoisotopic (exact) mass is 240 g/mol. The van der Waals surface area contributed by atoms with Crippen LogP contribution in [0.25, 0.3) is 0 Å². The first kappa shape index (κ1) is 13.1. The number of rotatable bonds is 4. The average Bonchev–Trinajstić information content (AvgIpc) is 2.32. The predicted molar refractivity (Wildman–Crippen MR) is 54.7 cm³/mol. The summed E-state index contributed by atoms with van der Waals surface area (Å²) >= 11 is 0. The van der Waals surface area contributed by atoms with Crippen molar-refractivity contribution in [3.8, 4) is 6.07 Å². The number of hydrogen-bond donors (Lipinski definition) is 1. The van der Waals surface area contributed by atoms with E-state index in [1.807, 2.05) is 0 Å². The van der Waals surface area contributed by atoms with Gasteiger partial charge < -0.3 is 4.74 Å². The van der Waals surface area contributed by atoms with Crippen molar-refractivity contribution in [3.63, 3.8) is 0 Å². The number of carbonyl (C=O) groups is 1. The molecule has 1 aromatic rings. The van der Waals surface area contributed by atoms with Crippen LogP contribution in [0, 0.1) is 23.0 Å². The van der Waals surface area contributed by atoms with Crippen molar-refractivity contribution in [1.82, 2.24) is 5.32 Å². The molecule has 0 radical (unpaired) electrons. The number of benzene rings is 1. The normalized spacial score (nSPS) is 11.6. The summed E-state index contributed by atoms with van der Waals surface area (Å²) in [4.78, 5) is 10.9. The molecule has 0 heterocycles. The molecule has 6 heteroatoms. The van der Waals surface area contributed by atoms with Gasteiger partial charge in [0.25, 0.3) is 0 Å². The molecule has 0 aliphatic heterocycles. The smallest absolute Gasteiger partial charge is 0.319 e. The van der Waals surface area contributed by atoms with E-state index in [4.69, 9.17) is 5.26 Å². The van der Waals surface area contributed by atoms with Crippen LogP contribution in [0.5, 0.6) is 0 Å². The molecule has 0 spiro atoms. The fourth-order valence-corrected chi connectivity index (χ4v) is 1.26. The summed E-state index contributed by atoms with van der Waals surface area (Å²) in [5.41, 5.74) is -0.404. The van der Waals surface area contributed by atoms with Crippen LogP contribution in [0.3, 0.4) is 0 Å². The van der Waals surface area contributed by atoms with E-state index in [2.05, 4.69) is 10.1 Å². The lowest BCUT2D eigenvalue weighted by Gasteiger charge is -2.12. The van der Waals surface area contributed by atoms with Gasteiger partial charge in [-0.2, -0.15) is 5.26 Å². The lowest BCUT2D eigenvalue weighted by Crippen LogP contribution is -2.28. The van der Waals surface area contributed by atoms with Crippen LogP contribution in [0.4, 0.5) is 8.78 Å². The summed E-state index contributed by atoms with van der Waals surface area (Å²) in [5, 5.41) is 11.2. The second kappa shape index (κ2) is 5.92. The summed E-state index contributed by atoms with van der Waals surface area (Å²) in [6, 6.07) is 3.73. The summed E-state index contributed by atoms with van der Waals surface area (Å²) < 4.78 is 31.0. The van der Waals surface area contributed by atoms with E-state index in [0.29, 0.717) is 0 Å². The molecule has 1 aromatic carbocycles. The fourth-order valence-electron chi connectivity index (χ4n) is 1.26. The number of hydrogen-bond acceptors (Lipinski definition) is 4. The molecule has 0 aliphatic carbocycles. The molecule has 0 aromatic heterocycles. The van der Waals surface area contributed by atoms with Gasteiger partial charge in [-0.05, 0) is 12.1 Å². The number of esters is 1. The first-order valence-electron chi connectivity index (χ1n) is 4.74. The standard InChI is InChI=1S/C11H10F2N2O2/c1-17-10(16)6-15-9(5-14)11-7(12)3-2-4-8(11)13/h2-4,9,15H,6H2,1H3. The van der Waals surface area contributed by atoms with E-state index in [0.717, 1.165) is 12.1 Å². The Hall–Kier alpha value is -2.00. The minimum atomic E-state index is -1.24. The first-order chi connectivity index (χ1) is 8.10. The molecule has 0 saturated carbocycles. The van der Waals surface area contributed by atoms with Crippen molar-refractivity contribution in [1.29, 1.82) is 5.26 Å². The van der Waals surface area contributed by atoms with E-state index >= 15 is 0 Å². The van der Waals surface area contributed by atoms with Gasteiger partial charge >= 0.3 is 5.97 Å². The van der Waals surface area contributed by atoms with E-state index in [9.17, 15) is 13.6 Å². The molecule has 1 atom stereocenters. The molecular formula is C11H10F2N2O2. The van der Waals surface area contributed by atoms with Crippen molar-refractivity contribution >= 4 is 5.97 Å². The molecule has 90 valence electrons. The van der Waals surface area contributed by atoms with Crippen LogP contribution < -0.4 is 5.32 Å². The topological polar surface area (TPSA) is 62.1 Å². The lowest BCUT2D eigenvalue weighted by atomic mass is 10.1. The maximum absolute atomic E-state index is 13.3. The van der Waals surface area contributed by atoms with Crippen LogP contribution in [0.1, 0.15) is 11.6 Å². The summed E-state index contributed by atoms with van der Waals surface area (Å²) in [6.45, 7) is -0.303. The summed E-state index contributed by atoms with van der Waals surface area (Å²) in [7, 11) is 1.18. The van der Waals surface area contributed by atoms with Gasteiger partial charge in [-0.1, -0.05) is 6.07 Å². The molecule has 0 fully saturated rings. The molecule has 0 saturated heterocycles. The number of methoxy groups -OCH3 is 1. The van der Waals surface area contributed by atoms with Crippen molar-refractivity contribution in [2.24, 2.45) is 0 Å². The maximum atomic E-state index is 13.3. The summed E-state index contributed by atoms with van der Waals surface area (Å²) in [6.07, 6.45) is 0. The van der Waals surface area contributed by atoms with Crippen LogP contribution in [0.2, 0.25) is 0 Å². The highest BCUT2D eigenvalue weighted by Crippen LogP contribution is 2.19. The molecule has 0 amide bonds. The molecule has 1 unspecified atom stereocenters. The summed E-state index contributed by atoms with van der Waals surface area (Å²) in [5.74, 6) is -2.30. The van der Waals surface area contributed by atoms with E-state index in [-0.39, 0.29) is 6.54 Å². The minimum Gasteiger partial charge on any atom is -0.468 e. The Labute approximate surface area is 96.8 Å². The molecule has 1 rings (SSSR count). The third kappa shape index (κ3) is 3.23. The number of carbonyl (C=O) groups excluding carboxylic acids is 1. The lowest BCUT2D eigenvalue weighted by molar-refractivity contribution is -0.139. The van der Waals surface area contributed by atoms with Crippen molar-refractivity contribution in [2.75, 3.05) is 13.7 Å². The Balaban J connectivity index is 2.88. The maximum Gasteiger partial charge on any atom is 0.319 e. The zero-order chi connectivity index (χ0) is 12.8. The molecule has 0 bridgehead atoms. The van der Waals surface area contributed by atoms with Gasteiger partial charge in [0.2, 0.25) is 0 Å². The number of nitrogens with zero attached hydrogens (tertiary/aromatic N) is 1. The van der Waals surface area contributed by atoms with Crippen LogP contribution in [-0.2, 0) is 9.53 Å². The molecule has 1 N–H and O–H groups in total. The molecule has 17 heavy (non-hydrogen) atoms. The Morgan fingerprint density at radius 1 is 1.53 bits per heavy atom. The fraction of sp³-hybridized carbons (Fsp3) is 0.273. The third-order valence-corrected chi connectivity index (χ3v) is 2.10. The SMILES string of the molecule is COC(=O)CNC(C#N)c1c(F)cccc1F. The number of halogens is 2. The second-order valence-electron chi connectivity index (χ2n) is 3.15. The Morgan fingerprint density at radius 2 is 2.12 bits per heavy atom. The zero-order valence-electron chi connectivity index (χ0n) is 9.04. The van der Waals surface area contributed by atoms with Crippen LogP contribution >= 0.6 is 0 Å². The van der Waals surface area contributed by atoms with Gasteiger partial charge in [0, 0.05) is 0 Å². The average molecular weight is 240 g/mol. The van der Waals surface area contributed by atoms with Crippen LogP contribution in [-0.4, -0.2) is 19.6 Å². The minimum absolute atomic E-state index is 0.303. The number of nitrogens with one attached hydrogen (secondary N) is 1. The van der Waals surface area contributed by atoms with Gasteiger partial charge in [0.1, 0.15) is 17.7 Å². The molecule has 0 aliphatic rings. The Bertz CT molecular complexity index is 437. The van der Waals surface area contributed by atoms with Crippen molar-refractivity contribution in [2.45, 2.75) is 6.04 Å². The van der Waals surface area contributed by atoms with Gasteiger partial charge in [-0.25, -0.2) is 8.78 Å². The molecular weight excluding hydrogens is 230 g/mol. The quantitative estimate of drug-likeness (QED) is 0.805. The first-order valence-corrected chi connectivity index (χ1v) is 4.74.